The van der Waals surface area contributed by atoms with Crippen molar-refractivity contribution < 1.29 is 18.7 Å². The Morgan fingerprint density at radius 2 is 1.85 bits per heavy atom. The fourth-order valence-corrected chi connectivity index (χ4v) is 11.0. The molecule has 0 aliphatic heterocycles. The lowest BCUT2D eigenvalue weighted by Crippen LogP contribution is -2.52. The molecule has 3 saturated carbocycles. The average molecular weight is 659 g/mol. The van der Waals surface area contributed by atoms with E-state index in [0.29, 0.717) is 23.2 Å². The van der Waals surface area contributed by atoms with E-state index < -0.39 is 0 Å². The zero-order valence-electron chi connectivity index (χ0n) is 31.0. The maximum absolute atomic E-state index is 13.0. The van der Waals surface area contributed by atoms with Crippen molar-refractivity contribution in [1.82, 2.24) is 0 Å². The molecular formula is C43H62O5. The van der Waals surface area contributed by atoms with Crippen LogP contribution in [-0.2, 0) is 16.0 Å². The second-order valence-corrected chi connectivity index (χ2v) is 17.3. The van der Waals surface area contributed by atoms with Gasteiger partial charge in [-0.3, -0.25) is 0 Å². The van der Waals surface area contributed by atoms with Gasteiger partial charge in [0.2, 0.25) is 0 Å². The van der Waals surface area contributed by atoms with Gasteiger partial charge in [0, 0.05) is 23.4 Å². The number of hydrogen-bond acceptors (Lipinski definition) is 5. The number of aryl methyl sites for hydroxylation is 1. The molecule has 0 radical (unpaired) electrons. The molecule has 5 nitrogen and oxygen atoms in total. The Morgan fingerprint density at radius 3 is 2.62 bits per heavy atom. The predicted octanol–water partition coefficient (Wildman–Crippen LogP) is 10.8. The topological polar surface area (TPSA) is 65.7 Å². The summed E-state index contributed by atoms with van der Waals surface area (Å²) in [7, 11) is 0. The minimum atomic E-state index is -0.336. The highest BCUT2D eigenvalue weighted by Gasteiger charge is 2.56. The van der Waals surface area contributed by atoms with Crippen molar-refractivity contribution in [2.75, 3.05) is 6.61 Å². The van der Waals surface area contributed by atoms with E-state index in [2.05, 4.69) is 47.6 Å². The third kappa shape index (κ3) is 7.04. The predicted molar refractivity (Wildman–Crippen MR) is 194 cm³/mol. The quantitative estimate of drug-likeness (QED) is 0.137. The Bertz CT molecular complexity index is 1550. The van der Waals surface area contributed by atoms with Gasteiger partial charge in [0.05, 0.1) is 0 Å². The molecule has 0 N–H and O–H groups in total. The Morgan fingerprint density at radius 1 is 1.04 bits per heavy atom. The summed E-state index contributed by atoms with van der Waals surface area (Å²) in [4.78, 5) is 25.5. The largest absolute Gasteiger partial charge is 0.482 e. The molecule has 264 valence electrons. The lowest BCUT2D eigenvalue weighted by atomic mass is 9.44. The lowest BCUT2D eigenvalue weighted by molar-refractivity contribution is -0.154. The molecule has 1 aromatic carbocycles. The average Bonchev–Trinajstić information content (AvgIpc) is 3.04. The third-order valence-corrected chi connectivity index (χ3v) is 13.8. The van der Waals surface area contributed by atoms with Crippen LogP contribution in [0.5, 0.6) is 5.75 Å². The van der Waals surface area contributed by atoms with E-state index in [-0.39, 0.29) is 29.7 Å². The van der Waals surface area contributed by atoms with E-state index in [1.807, 2.05) is 19.1 Å². The molecule has 1 heterocycles. The molecule has 2 aromatic rings. The molecule has 6 rings (SSSR count). The lowest BCUT2D eigenvalue weighted by Gasteiger charge is -2.61. The van der Waals surface area contributed by atoms with Crippen molar-refractivity contribution in [2.24, 2.45) is 46.3 Å². The van der Waals surface area contributed by atoms with E-state index in [1.54, 1.807) is 6.07 Å². The number of allylic oxidation sites excluding steroid dienone is 1. The molecule has 0 saturated heterocycles. The summed E-state index contributed by atoms with van der Waals surface area (Å²) in [6, 6.07) is 5.45. The zero-order chi connectivity index (χ0) is 34.2. The summed E-state index contributed by atoms with van der Waals surface area (Å²) in [5, 5.41) is 0.901. The summed E-state index contributed by atoms with van der Waals surface area (Å²) in [5.74, 6) is 5.15. The third-order valence-electron chi connectivity index (χ3n) is 13.8. The van der Waals surface area contributed by atoms with E-state index in [9.17, 15) is 9.59 Å². The Labute approximate surface area is 289 Å². The van der Waals surface area contributed by atoms with Gasteiger partial charge in [0.15, 0.2) is 6.61 Å². The van der Waals surface area contributed by atoms with Crippen molar-refractivity contribution in [3.05, 3.63) is 51.4 Å². The number of ether oxygens (including phenoxy) is 2. The van der Waals surface area contributed by atoms with Crippen LogP contribution in [-0.4, -0.2) is 18.7 Å². The number of esters is 1. The fraction of sp³-hybridized carbons (Fsp3) is 0.721. The van der Waals surface area contributed by atoms with Crippen LogP contribution in [0.25, 0.3) is 11.0 Å². The molecule has 48 heavy (non-hydrogen) atoms. The Hall–Kier alpha value is -2.56. The number of carbonyl (C=O) groups is 1. The Balaban J connectivity index is 1.03. The van der Waals surface area contributed by atoms with Crippen molar-refractivity contribution >= 4 is 16.9 Å². The van der Waals surface area contributed by atoms with Gasteiger partial charge in [-0.15, -0.1) is 0 Å². The van der Waals surface area contributed by atoms with Crippen molar-refractivity contribution in [3.8, 4) is 5.75 Å². The van der Waals surface area contributed by atoms with E-state index >= 15 is 0 Å². The molecular weight excluding hydrogens is 596 g/mol. The van der Waals surface area contributed by atoms with Gasteiger partial charge in [-0.2, -0.15) is 0 Å². The summed E-state index contributed by atoms with van der Waals surface area (Å²) < 4.78 is 17.4. The molecule has 1 aromatic heterocycles. The Kier molecular flexibility index (Phi) is 10.5. The molecule has 0 spiro atoms. The highest BCUT2D eigenvalue weighted by Crippen LogP contribution is 2.65. The summed E-state index contributed by atoms with van der Waals surface area (Å²) in [6.45, 7) is 16.3. The number of fused-ring (bicyclic) bond motifs is 6. The molecule has 0 unspecified atom stereocenters. The molecule has 4 aliphatic carbocycles. The van der Waals surface area contributed by atoms with Crippen molar-refractivity contribution in [2.45, 2.75) is 144 Å². The summed E-state index contributed by atoms with van der Waals surface area (Å²) in [5.41, 5.74) is 4.14. The molecule has 8 atom stereocenters. The first kappa shape index (κ1) is 35.3. The summed E-state index contributed by atoms with van der Waals surface area (Å²) in [6.07, 6.45) is 19.3. The van der Waals surface area contributed by atoms with Crippen LogP contribution in [0, 0.1) is 53.3 Å². The van der Waals surface area contributed by atoms with Gasteiger partial charge in [-0.25, -0.2) is 9.59 Å². The maximum atomic E-state index is 13.0. The van der Waals surface area contributed by atoms with Crippen molar-refractivity contribution in [1.29, 1.82) is 0 Å². The number of carbonyl (C=O) groups excluding carboxylic acids is 1. The second-order valence-electron chi connectivity index (χ2n) is 17.3. The highest BCUT2D eigenvalue weighted by atomic mass is 16.6. The smallest absolute Gasteiger partial charge is 0.344 e. The van der Waals surface area contributed by atoms with Crippen molar-refractivity contribution in [3.63, 3.8) is 0 Å². The van der Waals surface area contributed by atoms with Gasteiger partial charge in [0.1, 0.15) is 17.4 Å². The first-order valence-corrected chi connectivity index (χ1v) is 19.5. The van der Waals surface area contributed by atoms with Crippen LogP contribution in [0.2, 0.25) is 0 Å². The van der Waals surface area contributed by atoms with E-state index in [0.717, 1.165) is 77.7 Å². The van der Waals surface area contributed by atoms with Crippen LogP contribution in [0.15, 0.2) is 39.1 Å². The SMILES string of the molecule is CCCc1c(C)c2ccc(OCC(=O)O[C@@H]3CC[C@@]4(C)C(=CC[C@@H]5[C@H]6CC[C@H]([C@H](C)CCCC(C)C)C[C@@]6(C)CC[C@@H]54)C3)cc2oc1=O. The first-order valence-electron chi connectivity index (χ1n) is 19.5. The van der Waals surface area contributed by atoms with Crippen LogP contribution in [0.1, 0.15) is 136 Å². The molecule has 5 heteroatoms. The van der Waals surface area contributed by atoms with Crippen LogP contribution < -0.4 is 10.4 Å². The zero-order valence-corrected chi connectivity index (χ0v) is 31.0. The minimum absolute atomic E-state index is 0.0901. The van der Waals surface area contributed by atoms with E-state index in [4.69, 9.17) is 13.9 Å². The van der Waals surface area contributed by atoms with Gasteiger partial charge < -0.3 is 13.9 Å². The number of rotatable bonds is 11. The minimum Gasteiger partial charge on any atom is -0.482 e. The van der Waals surface area contributed by atoms with Gasteiger partial charge in [-0.1, -0.05) is 78.9 Å². The first-order chi connectivity index (χ1) is 22.9. The van der Waals surface area contributed by atoms with Crippen LogP contribution >= 0.6 is 0 Å². The van der Waals surface area contributed by atoms with Gasteiger partial charge >= 0.3 is 11.6 Å². The van der Waals surface area contributed by atoms with Gasteiger partial charge in [-0.05, 0) is 129 Å². The second kappa shape index (κ2) is 14.4. The monoisotopic (exact) mass is 658 g/mol. The fourth-order valence-electron chi connectivity index (χ4n) is 11.0. The van der Waals surface area contributed by atoms with Crippen LogP contribution in [0.3, 0.4) is 0 Å². The summed E-state index contributed by atoms with van der Waals surface area (Å²) >= 11 is 0. The van der Waals surface area contributed by atoms with Crippen LogP contribution in [0.4, 0.5) is 0 Å². The molecule has 0 bridgehead atoms. The molecule has 0 amide bonds. The van der Waals surface area contributed by atoms with Gasteiger partial charge in [0.25, 0.3) is 0 Å². The normalized spacial score (nSPS) is 32.2. The number of hydrogen-bond donors (Lipinski definition) is 0. The van der Waals surface area contributed by atoms with E-state index in [1.165, 1.54) is 63.4 Å². The maximum Gasteiger partial charge on any atom is 0.344 e. The standard InChI is InChI=1S/C43H62O5/c1-8-10-35-29(5)34-17-15-32(24-39(34)48-41(35)45)46-26-40(44)47-33-19-22-43(7)31(23-33)14-16-36-37-18-13-30(28(4)12-9-11-27(2)3)25-42(37,6)21-20-38(36)43/h14-15,17,24,27-28,30,33,36-38H,8-13,16,18-23,25-26H2,1-7H3/t28-,30+,33-,36-,37-,38+,42-,43+/m1/s1. The molecule has 3 fully saturated rings. The highest BCUT2D eigenvalue weighted by molar-refractivity contribution is 5.82. The number of benzene rings is 1. The molecule has 4 aliphatic rings.